The maximum absolute atomic E-state index is 12.4. The molecule has 0 amide bonds. The molecule has 1 unspecified atom stereocenters. The molecule has 0 heterocycles. The highest BCUT2D eigenvalue weighted by atomic mass is 32.2. The molecular formula is C12H17NO6S. The van der Waals surface area contributed by atoms with Gasteiger partial charge in [-0.25, -0.2) is 13.2 Å². The zero-order chi connectivity index (χ0) is 15.5. The molecule has 0 bridgehead atoms. The van der Waals surface area contributed by atoms with Crippen LogP contribution in [0.2, 0.25) is 0 Å². The average molecular weight is 303 g/mol. The molecule has 0 fully saturated rings. The standard InChI is InChI=1S/C12H17NO6S/c1-8(7-14)13(2)20(17,18)11-6-9(12(15)16)4-5-10(11)19-3/h4-6,8,14H,7H2,1-3H3,(H,15,16). The molecule has 112 valence electrons. The summed E-state index contributed by atoms with van der Waals surface area (Å²) in [6, 6.07) is 2.94. The molecule has 1 atom stereocenters. The summed E-state index contributed by atoms with van der Waals surface area (Å²) >= 11 is 0. The third-order valence-electron chi connectivity index (χ3n) is 2.95. The number of benzene rings is 1. The van der Waals surface area contributed by atoms with Crippen LogP contribution in [0.4, 0.5) is 0 Å². The van der Waals surface area contributed by atoms with Gasteiger partial charge >= 0.3 is 5.97 Å². The Morgan fingerprint density at radius 1 is 1.45 bits per heavy atom. The summed E-state index contributed by atoms with van der Waals surface area (Å²) in [5.41, 5.74) is -0.158. The summed E-state index contributed by atoms with van der Waals surface area (Å²) in [7, 11) is -1.36. The number of aliphatic hydroxyl groups is 1. The van der Waals surface area contributed by atoms with E-state index < -0.39 is 22.0 Å². The van der Waals surface area contributed by atoms with Crippen molar-refractivity contribution in [3.63, 3.8) is 0 Å². The Hall–Kier alpha value is -1.64. The van der Waals surface area contributed by atoms with Gasteiger partial charge in [-0.2, -0.15) is 4.31 Å². The molecule has 0 radical (unpaired) electrons. The van der Waals surface area contributed by atoms with Crippen molar-refractivity contribution >= 4 is 16.0 Å². The fourth-order valence-electron chi connectivity index (χ4n) is 1.52. The third-order valence-corrected chi connectivity index (χ3v) is 4.95. The van der Waals surface area contributed by atoms with Crippen LogP contribution in [0.5, 0.6) is 5.75 Å². The van der Waals surface area contributed by atoms with Crippen molar-refractivity contribution < 1.29 is 28.2 Å². The van der Waals surface area contributed by atoms with Crippen molar-refractivity contribution in [1.82, 2.24) is 4.31 Å². The number of carboxylic acid groups (broad SMARTS) is 1. The first kappa shape index (κ1) is 16.4. The van der Waals surface area contributed by atoms with Crippen LogP contribution in [-0.4, -0.2) is 55.7 Å². The summed E-state index contributed by atoms with van der Waals surface area (Å²) in [6.07, 6.45) is 0. The number of likely N-dealkylation sites (N-methyl/N-ethyl adjacent to an activating group) is 1. The van der Waals surface area contributed by atoms with Crippen LogP contribution in [0.15, 0.2) is 23.1 Å². The van der Waals surface area contributed by atoms with Crippen molar-refractivity contribution in [1.29, 1.82) is 0 Å². The van der Waals surface area contributed by atoms with Gasteiger partial charge in [0.05, 0.1) is 19.3 Å². The molecule has 2 N–H and O–H groups in total. The molecule has 8 heteroatoms. The summed E-state index contributed by atoms with van der Waals surface area (Å²) in [5.74, 6) is -1.19. The van der Waals surface area contributed by atoms with Crippen LogP contribution in [0.25, 0.3) is 0 Å². The molecule has 0 spiro atoms. The predicted molar refractivity (Wildman–Crippen MR) is 71.4 cm³/mol. The second-order valence-corrected chi connectivity index (χ2v) is 6.19. The van der Waals surface area contributed by atoms with Gasteiger partial charge in [0.1, 0.15) is 10.6 Å². The van der Waals surface area contributed by atoms with Crippen LogP contribution < -0.4 is 4.74 Å². The van der Waals surface area contributed by atoms with Crippen molar-refractivity contribution in [2.24, 2.45) is 0 Å². The molecule has 1 aromatic carbocycles. The molecule has 1 rings (SSSR count). The maximum atomic E-state index is 12.4. The first-order valence-electron chi connectivity index (χ1n) is 5.76. The molecule has 7 nitrogen and oxygen atoms in total. The third kappa shape index (κ3) is 3.09. The number of carbonyl (C=O) groups is 1. The summed E-state index contributed by atoms with van der Waals surface area (Å²) in [4.78, 5) is 10.7. The van der Waals surface area contributed by atoms with Gasteiger partial charge in [-0.05, 0) is 25.1 Å². The van der Waals surface area contributed by atoms with E-state index in [4.69, 9.17) is 14.9 Å². The molecule has 1 aromatic rings. The number of ether oxygens (including phenoxy) is 1. The summed E-state index contributed by atoms with van der Waals surface area (Å²) < 4.78 is 30.8. The quantitative estimate of drug-likeness (QED) is 0.788. The van der Waals surface area contributed by atoms with Gasteiger partial charge in [0.2, 0.25) is 10.0 Å². The second-order valence-electron chi connectivity index (χ2n) is 4.22. The van der Waals surface area contributed by atoms with E-state index in [1.165, 1.54) is 33.2 Å². The zero-order valence-electron chi connectivity index (χ0n) is 11.4. The van der Waals surface area contributed by atoms with E-state index in [0.29, 0.717) is 0 Å². The van der Waals surface area contributed by atoms with E-state index in [-0.39, 0.29) is 22.8 Å². The fourth-order valence-corrected chi connectivity index (χ4v) is 3.05. The molecule has 0 aliphatic carbocycles. The first-order valence-corrected chi connectivity index (χ1v) is 7.20. The predicted octanol–water partition coefficient (Wildman–Crippen LogP) is 0.395. The Kier molecular flexibility index (Phi) is 5.09. The number of methoxy groups -OCH3 is 1. The normalized spacial score (nSPS) is 13.2. The minimum Gasteiger partial charge on any atom is -0.495 e. The largest absolute Gasteiger partial charge is 0.495 e. The van der Waals surface area contributed by atoms with Gasteiger partial charge in [-0.15, -0.1) is 0 Å². The van der Waals surface area contributed by atoms with Gasteiger partial charge in [-0.1, -0.05) is 0 Å². The van der Waals surface area contributed by atoms with Crippen LogP contribution in [0.1, 0.15) is 17.3 Å². The number of nitrogens with zero attached hydrogens (tertiary/aromatic N) is 1. The number of hydrogen-bond donors (Lipinski definition) is 2. The Bertz CT molecular complexity index is 598. The van der Waals surface area contributed by atoms with Crippen molar-refractivity contribution in [3.8, 4) is 5.75 Å². The van der Waals surface area contributed by atoms with E-state index in [2.05, 4.69) is 0 Å². The van der Waals surface area contributed by atoms with Gasteiger partial charge in [0.15, 0.2) is 0 Å². The van der Waals surface area contributed by atoms with E-state index in [1.54, 1.807) is 0 Å². The molecule has 0 saturated heterocycles. The minimum atomic E-state index is -3.96. The van der Waals surface area contributed by atoms with Crippen LogP contribution in [0, 0.1) is 0 Å². The number of sulfonamides is 1. The monoisotopic (exact) mass is 303 g/mol. The van der Waals surface area contributed by atoms with Gasteiger partial charge in [-0.3, -0.25) is 0 Å². The SMILES string of the molecule is COc1ccc(C(=O)O)cc1S(=O)(=O)N(C)C(C)CO. The molecular weight excluding hydrogens is 286 g/mol. The topological polar surface area (TPSA) is 104 Å². The Balaban J connectivity index is 3.42. The first-order chi connectivity index (χ1) is 9.25. The molecule has 20 heavy (non-hydrogen) atoms. The van der Waals surface area contributed by atoms with Crippen molar-refractivity contribution in [3.05, 3.63) is 23.8 Å². The van der Waals surface area contributed by atoms with Crippen molar-refractivity contribution in [2.75, 3.05) is 20.8 Å². The molecule has 0 saturated carbocycles. The summed E-state index contributed by atoms with van der Waals surface area (Å²) in [6.45, 7) is 1.18. The lowest BCUT2D eigenvalue weighted by atomic mass is 10.2. The van der Waals surface area contributed by atoms with Gasteiger partial charge in [0.25, 0.3) is 0 Å². The lowest BCUT2D eigenvalue weighted by Crippen LogP contribution is -2.37. The number of aromatic carboxylic acids is 1. The molecule has 0 aliphatic rings. The van der Waals surface area contributed by atoms with E-state index >= 15 is 0 Å². The number of rotatable bonds is 6. The fraction of sp³-hybridized carbons (Fsp3) is 0.417. The second kappa shape index (κ2) is 6.21. The Morgan fingerprint density at radius 3 is 2.50 bits per heavy atom. The lowest BCUT2D eigenvalue weighted by Gasteiger charge is -2.23. The van der Waals surface area contributed by atoms with Gasteiger partial charge in [0, 0.05) is 13.1 Å². The van der Waals surface area contributed by atoms with Crippen LogP contribution in [-0.2, 0) is 10.0 Å². The smallest absolute Gasteiger partial charge is 0.335 e. The Labute approximate surface area is 117 Å². The highest BCUT2D eigenvalue weighted by Crippen LogP contribution is 2.28. The van der Waals surface area contributed by atoms with Crippen molar-refractivity contribution in [2.45, 2.75) is 17.9 Å². The van der Waals surface area contributed by atoms with Crippen LogP contribution in [0.3, 0.4) is 0 Å². The number of aliphatic hydroxyl groups excluding tert-OH is 1. The highest BCUT2D eigenvalue weighted by molar-refractivity contribution is 7.89. The van der Waals surface area contributed by atoms with Gasteiger partial charge < -0.3 is 14.9 Å². The average Bonchev–Trinajstić information content (AvgIpc) is 2.44. The lowest BCUT2D eigenvalue weighted by molar-refractivity contribution is 0.0696. The zero-order valence-corrected chi connectivity index (χ0v) is 12.2. The molecule has 0 aromatic heterocycles. The number of hydrogen-bond acceptors (Lipinski definition) is 5. The maximum Gasteiger partial charge on any atom is 0.335 e. The molecule has 0 aliphatic heterocycles. The number of carboxylic acids is 1. The highest BCUT2D eigenvalue weighted by Gasteiger charge is 2.29. The van der Waals surface area contributed by atoms with Crippen LogP contribution >= 0.6 is 0 Å². The Morgan fingerprint density at radius 2 is 2.05 bits per heavy atom. The van der Waals surface area contributed by atoms with E-state index in [0.717, 1.165) is 10.4 Å². The summed E-state index contributed by atoms with van der Waals surface area (Å²) in [5, 5.41) is 18.0. The van der Waals surface area contributed by atoms with E-state index in [9.17, 15) is 13.2 Å². The minimum absolute atomic E-state index is 0.0481. The van der Waals surface area contributed by atoms with E-state index in [1.807, 2.05) is 0 Å².